The Morgan fingerprint density at radius 3 is 2.67 bits per heavy atom. The maximum Gasteiger partial charge on any atom is 0.251 e. The van der Waals surface area contributed by atoms with Crippen molar-refractivity contribution in [1.29, 1.82) is 0 Å². The average molecular weight is 206 g/mol. The molecular weight excluding hydrogens is 188 g/mol. The zero-order valence-electron chi connectivity index (χ0n) is 9.42. The van der Waals surface area contributed by atoms with Gasteiger partial charge in [-0.25, -0.2) is 4.98 Å². The van der Waals surface area contributed by atoms with E-state index in [-0.39, 0.29) is 5.56 Å². The Morgan fingerprint density at radius 2 is 2.07 bits per heavy atom. The van der Waals surface area contributed by atoms with Crippen LogP contribution in [0, 0.1) is 0 Å². The molecule has 2 rings (SSSR count). The van der Waals surface area contributed by atoms with Gasteiger partial charge in [0.2, 0.25) is 0 Å². The first-order chi connectivity index (χ1) is 7.16. The van der Waals surface area contributed by atoms with Crippen molar-refractivity contribution in [3.05, 3.63) is 27.9 Å². The Morgan fingerprint density at radius 1 is 1.40 bits per heavy atom. The van der Waals surface area contributed by atoms with Gasteiger partial charge in [0, 0.05) is 17.9 Å². The van der Waals surface area contributed by atoms with E-state index in [1.165, 1.54) is 25.7 Å². The van der Waals surface area contributed by atoms with E-state index < -0.39 is 0 Å². The fourth-order valence-corrected chi connectivity index (χ4v) is 2.20. The molecule has 1 aliphatic carbocycles. The van der Waals surface area contributed by atoms with E-state index in [2.05, 4.69) is 23.8 Å². The van der Waals surface area contributed by atoms with Crippen molar-refractivity contribution in [2.75, 3.05) is 0 Å². The van der Waals surface area contributed by atoms with Gasteiger partial charge < -0.3 is 4.98 Å². The van der Waals surface area contributed by atoms with Crippen LogP contribution in [0.3, 0.4) is 0 Å². The number of hydrogen-bond acceptors (Lipinski definition) is 2. The van der Waals surface area contributed by atoms with Crippen molar-refractivity contribution >= 4 is 0 Å². The summed E-state index contributed by atoms with van der Waals surface area (Å²) in [6.45, 7) is 4.10. The van der Waals surface area contributed by atoms with E-state index >= 15 is 0 Å². The first kappa shape index (κ1) is 10.4. The summed E-state index contributed by atoms with van der Waals surface area (Å²) in [7, 11) is 0. The monoisotopic (exact) mass is 206 g/mol. The summed E-state index contributed by atoms with van der Waals surface area (Å²) in [5.74, 6) is 1.63. The molecule has 1 N–H and O–H groups in total. The predicted octanol–water partition coefficient (Wildman–Crippen LogP) is 2.55. The van der Waals surface area contributed by atoms with Gasteiger partial charge in [0.05, 0.1) is 5.69 Å². The van der Waals surface area contributed by atoms with Crippen LogP contribution < -0.4 is 5.56 Å². The Hall–Kier alpha value is -1.12. The maximum absolute atomic E-state index is 11.5. The lowest BCUT2D eigenvalue weighted by Crippen LogP contribution is -2.15. The van der Waals surface area contributed by atoms with Gasteiger partial charge in [0.1, 0.15) is 5.82 Å². The highest BCUT2D eigenvalue weighted by Gasteiger charge is 2.19. The number of rotatable bonds is 2. The fraction of sp³-hybridized carbons (Fsp3) is 0.667. The number of nitrogens with zero attached hydrogens (tertiary/aromatic N) is 1. The molecule has 1 aromatic heterocycles. The molecule has 0 atom stereocenters. The minimum atomic E-state index is -0.00407. The first-order valence-corrected chi connectivity index (χ1v) is 5.78. The van der Waals surface area contributed by atoms with Crippen molar-refractivity contribution in [2.45, 2.75) is 51.4 Å². The Labute approximate surface area is 89.9 Å². The highest BCUT2D eigenvalue weighted by molar-refractivity contribution is 5.11. The molecule has 0 unspecified atom stereocenters. The molecule has 1 saturated carbocycles. The van der Waals surface area contributed by atoms with Gasteiger partial charge in [-0.05, 0) is 12.8 Å². The molecule has 3 nitrogen and oxygen atoms in total. The minimum absolute atomic E-state index is 0.00407. The molecule has 1 fully saturated rings. The quantitative estimate of drug-likeness (QED) is 0.808. The Balaban J connectivity index is 2.34. The molecule has 82 valence electrons. The molecule has 1 heterocycles. The summed E-state index contributed by atoms with van der Waals surface area (Å²) in [6, 6.07) is 1.67. The Kier molecular flexibility index (Phi) is 2.89. The third-order valence-electron chi connectivity index (χ3n) is 3.10. The lowest BCUT2D eigenvalue weighted by molar-refractivity contribution is 0.665. The number of hydrogen-bond donors (Lipinski definition) is 1. The number of H-pyrrole nitrogens is 1. The molecule has 0 aliphatic heterocycles. The number of nitrogens with one attached hydrogen (secondary N) is 1. The second-order valence-corrected chi connectivity index (χ2v) is 4.69. The third-order valence-corrected chi connectivity index (χ3v) is 3.10. The van der Waals surface area contributed by atoms with Crippen LogP contribution in [0.15, 0.2) is 10.9 Å². The van der Waals surface area contributed by atoms with E-state index in [1.54, 1.807) is 6.07 Å². The van der Waals surface area contributed by atoms with Crippen LogP contribution in [0.4, 0.5) is 0 Å². The largest absolute Gasteiger partial charge is 0.310 e. The first-order valence-electron chi connectivity index (χ1n) is 5.78. The third kappa shape index (κ3) is 2.28. The van der Waals surface area contributed by atoms with Gasteiger partial charge in [-0.3, -0.25) is 4.79 Å². The zero-order chi connectivity index (χ0) is 10.8. The highest BCUT2D eigenvalue weighted by atomic mass is 16.1. The average Bonchev–Trinajstić information content (AvgIpc) is 2.69. The van der Waals surface area contributed by atoms with Crippen molar-refractivity contribution < 1.29 is 0 Å². The normalized spacial score (nSPS) is 17.5. The zero-order valence-corrected chi connectivity index (χ0v) is 9.42. The summed E-state index contributed by atoms with van der Waals surface area (Å²) in [4.78, 5) is 18.8. The smallest absolute Gasteiger partial charge is 0.251 e. The van der Waals surface area contributed by atoms with E-state index in [0.29, 0.717) is 11.8 Å². The molecule has 0 spiro atoms. The maximum atomic E-state index is 11.5. The molecule has 0 saturated heterocycles. The predicted molar refractivity (Wildman–Crippen MR) is 60.2 cm³/mol. The summed E-state index contributed by atoms with van der Waals surface area (Å²) in [6.07, 6.45) is 4.92. The van der Waals surface area contributed by atoms with Gasteiger partial charge >= 0.3 is 0 Å². The van der Waals surface area contributed by atoms with Crippen LogP contribution >= 0.6 is 0 Å². The van der Waals surface area contributed by atoms with Gasteiger partial charge in [0.25, 0.3) is 5.56 Å². The summed E-state index contributed by atoms with van der Waals surface area (Å²) < 4.78 is 0. The number of aromatic amines is 1. The molecule has 0 bridgehead atoms. The second kappa shape index (κ2) is 4.17. The lowest BCUT2D eigenvalue weighted by Gasteiger charge is -2.11. The summed E-state index contributed by atoms with van der Waals surface area (Å²) >= 11 is 0. The molecular formula is C12H18N2O. The topological polar surface area (TPSA) is 45.8 Å². The molecule has 1 aromatic rings. The highest BCUT2D eigenvalue weighted by Crippen LogP contribution is 2.32. The van der Waals surface area contributed by atoms with E-state index in [1.807, 2.05) is 0 Å². The van der Waals surface area contributed by atoms with Crippen LogP contribution in [0.1, 0.15) is 62.9 Å². The van der Waals surface area contributed by atoms with Crippen molar-refractivity contribution in [1.82, 2.24) is 9.97 Å². The van der Waals surface area contributed by atoms with Crippen LogP contribution in [0.2, 0.25) is 0 Å². The Bertz CT molecular complexity index is 389. The summed E-state index contributed by atoms with van der Waals surface area (Å²) in [5, 5.41) is 0. The van der Waals surface area contributed by atoms with Gasteiger partial charge in [-0.15, -0.1) is 0 Å². The lowest BCUT2D eigenvalue weighted by atomic mass is 10.0. The van der Waals surface area contributed by atoms with E-state index in [4.69, 9.17) is 0 Å². The van der Waals surface area contributed by atoms with E-state index in [0.717, 1.165) is 11.5 Å². The van der Waals surface area contributed by atoms with Gasteiger partial charge in [0.15, 0.2) is 0 Å². The standard InChI is InChI=1S/C12H18N2O/c1-8(2)12-13-10(7-11(15)14-12)9-5-3-4-6-9/h7-9H,3-6H2,1-2H3,(H,13,14,15). The van der Waals surface area contributed by atoms with Crippen LogP contribution in [0.5, 0.6) is 0 Å². The molecule has 0 aromatic carbocycles. The molecule has 1 aliphatic rings. The number of aromatic nitrogens is 2. The van der Waals surface area contributed by atoms with Crippen molar-refractivity contribution in [3.8, 4) is 0 Å². The van der Waals surface area contributed by atoms with Crippen molar-refractivity contribution in [3.63, 3.8) is 0 Å². The van der Waals surface area contributed by atoms with Crippen LogP contribution in [0.25, 0.3) is 0 Å². The second-order valence-electron chi connectivity index (χ2n) is 4.69. The van der Waals surface area contributed by atoms with Gasteiger partial charge in [-0.1, -0.05) is 26.7 Å². The van der Waals surface area contributed by atoms with Crippen molar-refractivity contribution in [2.24, 2.45) is 0 Å². The fourth-order valence-electron chi connectivity index (χ4n) is 2.20. The van der Waals surface area contributed by atoms with Crippen LogP contribution in [-0.2, 0) is 0 Å². The minimum Gasteiger partial charge on any atom is -0.310 e. The SMILES string of the molecule is CC(C)c1nc(C2CCCC2)cc(=O)[nH]1. The van der Waals surface area contributed by atoms with E-state index in [9.17, 15) is 4.79 Å². The van der Waals surface area contributed by atoms with Crippen LogP contribution in [-0.4, -0.2) is 9.97 Å². The molecule has 3 heteroatoms. The molecule has 15 heavy (non-hydrogen) atoms. The molecule has 0 amide bonds. The van der Waals surface area contributed by atoms with Gasteiger partial charge in [-0.2, -0.15) is 0 Å². The molecule has 0 radical (unpaired) electrons. The summed E-state index contributed by atoms with van der Waals surface area (Å²) in [5.41, 5.74) is 0.996.